The summed E-state index contributed by atoms with van der Waals surface area (Å²) in [5.74, 6) is 2.47. The van der Waals surface area contributed by atoms with Gasteiger partial charge in [-0.2, -0.15) is 0 Å². The first kappa shape index (κ1) is 23.1. The molecule has 2 heterocycles. The zero-order chi connectivity index (χ0) is 25.1. The molecule has 2 aromatic heterocycles. The van der Waals surface area contributed by atoms with Crippen molar-refractivity contribution in [2.45, 2.75) is 0 Å². The molecular formula is C33H26O3P+. The lowest BCUT2D eigenvalue weighted by molar-refractivity contribution is 0.415. The Hall–Kier alpha value is -4.33. The number of hydrogen-bond acceptors (Lipinski definition) is 3. The molecule has 0 bridgehead atoms. The van der Waals surface area contributed by atoms with Gasteiger partial charge in [0.05, 0.1) is 13.4 Å². The highest BCUT2D eigenvalue weighted by Gasteiger charge is 2.53. The van der Waals surface area contributed by atoms with Crippen LogP contribution in [-0.4, -0.2) is 7.11 Å². The largest absolute Gasteiger partial charge is 0.497 e. The van der Waals surface area contributed by atoms with Crippen LogP contribution in [0.3, 0.4) is 0 Å². The van der Waals surface area contributed by atoms with Crippen molar-refractivity contribution in [2.24, 2.45) is 0 Å². The fraction of sp³-hybridized carbons (Fsp3) is 0.0303. The third kappa shape index (κ3) is 4.08. The molecule has 0 radical (unpaired) electrons. The van der Waals surface area contributed by atoms with Crippen LogP contribution in [0.5, 0.6) is 5.75 Å². The summed E-state index contributed by atoms with van der Waals surface area (Å²) in [6, 6.07) is 45.9. The summed E-state index contributed by atoms with van der Waals surface area (Å²) >= 11 is 0. The van der Waals surface area contributed by atoms with E-state index in [9.17, 15) is 0 Å². The van der Waals surface area contributed by atoms with Gasteiger partial charge in [-0.05, 0) is 54.6 Å². The minimum atomic E-state index is -2.46. The molecule has 0 amide bonds. The Kier molecular flexibility index (Phi) is 6.22. The first-order chi connectivity index (χ1) is 18.3. The standard InChI is InChI=1S/C33H26O3P/c1-34-27-21-19-25(20-22-27)30-24-31(33(36-30)26-12-5-2-6-13-26)37(32-18-11-23-35-32,28-14-7-3-8-15-28)29-16-9-4-10-17-29/h2-24H,1H3/q+1. The highest BCUT2D eigenvalue weighted by atomic mass is 31.2. The molecule has 37 heavy (non-hydrogen) atoms. The monoisotopic (exact) mass is 501 g/mol. The normalized spacial score (nSPS) is 11.4. The molecule has 180 valence electrons. The van der Waals surface area contributed by atoms with Gasteiger partial charge < -0.3 is 13.6 Å². The van der Waals surface area contributed by atoms with E-state index in [-0.39, 0.29) is 0 Å². The van der Waals surface area contributed by atoms with Crippen molar-refractivity contribution >= 4 is 28.7 Å². The molecule has 6 rings (SSSR count). The highest BCUT2D eigenvalue weighted by Crippen LogP contribution is 2.57. The van der Waals surface area contributed by atoms with Gasteiger partial charge in [-0.3, -0.25) is 0 Å². The van der Waals surface area contributed by atoms with Crippen LogP contribution in [0.1, 0.15) is 0 Å². The summed E-state index contributed by atoms with van der Waals surface area (Å²) in [5.41, 5.74) is 2.95. The number of ether oxygens (including phenoxy) is 1. The molecule has 0 unspecified atom stereocenters. The number of hydrogen-bond donors (Lipinski definition) is 0. The average Bonchev–Trinajstić information content (AvgIpc) is 3.67. The van der Waals surface area contributed by atoms with Gasteiger partial charge in [-0.1, -0.05) is 66.7 Å². The molecule has 0 fully saturated rings. The zero-order valence-corrected chi connectivity index (χ0v) is 21.3. The summed E-state index contributed by atoms with van der Waals surface area (Å²) in [5, 5.41) is 3.53. The van der Waals surface area contributed by atoms with E-state index in [4.69, 9.17) is 13.6 Å². The number of methoxy groups -OCH3 is 1. The molecule has 3 nitrogen and oxygen atoms in total. The first-order valence-corrected chi connectivity index (χ1v) is 14.0. The lowest BCUT2D eigenvalue weighted by Gasteiger charge is -2.24. The van der Waals surface area contributed by atoms with Crippen LogP contribution in [0, 0.1) is 0 Å². The summed E-state index contributed by atoms with van der Waals surface area (Å²) < 4.78 is 18.4. The van der Waals surface area contributed by atoms with E-state index in [1.54, 1.807) is 13.4 Å². The third-order valence-electron chi connectivity index (χ3n) is 6.61. The van der Waals surface area contributed by atoms with Crippen molar-refractivity contribution in [2.75, 3.05) is 7.11 Å². The van der Waals surface area contributed by atoms with Crippen LogP contribution in [0.25, 0.3) is 22.6 Å². The molecule has 0 spiro atoms. The van der Waals surface area contributed by atoms with Crippen molar-refractivity contribution < 1.29 is 13.6 Å². The molecule has 4 heteroatoms. The number of rotatable bonds is 7. The van der Waals surface area contributed by atoms with Crippen LogP contribution < -0.4 is 26.2 Å². The Morgan fingerprint density at radius 2 is 1.19 bits per heavy atom. The van der Waals surface area contributed by atoms with Gasteiger partial charge in [0.25, 0.3) is 5.50 Å². The van der Waals surface area contributed by atoms with E-state index >= 15 is 0 Å². The molecule has 0 aliphatic heterocycles. The van der Waals surface area contributed by atoms with E-state index in [1.165, 1.54) is 10.6 Å². The van der Waals surface area contributed by atoms with Crippen molar-refractivity contribution in [3.05, 3.63) is 140 Å². The van der Waals surface area contributed by atoms with Gasteiger partial charge >= 0.3 is 0 Å². The molecule has 6 aromatic rings. The lowest BCUT2D eigenvalue weighted by Crippen LogP contribution is -2.38. The number of furan rings is 2. The maximum Gasteiger partial charge on any atom is 0.261 e. The molecule has 4 aromatic carbocycles. The van der Waals surface area contributed by atoms with Crippen LogP contribution in [0.4, 0.5) is 0 Å². The van der Waals surface area contributed by atoms with Crippen LogP contribution in [0.15, 0.2) is 149 Å². The lowest BCUT2D eigenvalue weighted by atomic mass is 10.1. The van der Waals surface area contributed by atoms with Gasteiger partial charge in [-0.25, -0.2) is 0 Å². The summed E-state index contributed by atoms with van der Waals surface area (Å²) in [6.45, 7) is 0. The minimum absolute atomic E-state index is 0.805. The zero-order valence-electron chi connectivity index (χ0n) is 20.5. The first-order valence-electron chi connectivity index (χ1n) is 12.2. The van der Waals surface area contributed by atoms with Crippen molar-refractivity contribution in [1.29, 1.82) is 0 Å². The van der Waals surface area contributed by atoms with Gasteiger partial charge in [0.1, 0.15) is 22.1 Å². The van der Waals surface area contributed by atoms with E-state index in [1.807, 2.05) is 48.5 Å². The Balaban J connectivity index is 1.71. The van der Waals surface area contributed by atoms with Gasteiger partial charge in [0.2, 0.25) is 0 Å². The van der Waals surface area contributed by atoms with E-state index in [2.05, 4.69) is 84.9 Å². The second-order valence-corrected chi connectivity index (χ2v) is 12.0. The Morgan fingerprint density at radius 3 is 1.73 bits per heavy atom. The molecule has 0 atom stereocenters. The fourth-order valence-corrected chi connectivity index (χ4v) is 9.05. The fourth-order valence-electron chi connectivity index (χ4n) is 4.89. The van der Waals surface area contributed by atoms with Crippen LogP contribution in [0.2, 0.25) is 0 Å². The molecule has 0 aliphatic carbocycles. The highest BCUT2D eigenvalue weighted by molar-refractivity contribution is 8.01. The van der Waals surface area contributed by atoms with Crippen molar-refractivity contribution in [1.82, 2.24) is 0 Å². The Morgan fingerprint density at radius 1 is 0.595 bits per heavy atom. The molecule has 0 N–H and O–H groups in total. The molecular weight excluding hydrogens is 475 g/mol. The predicted octanol–water partition coefficient (Wildman–Crippen LogP) is 6.83. The second kappa shape index (κ2) is 9.97. The molecule has 0 saturated heterocycles. The van der Waals surface area contributed by atoms with Gasteiger partial charge in [-0.15, -0.1) is 0 Å². The van der Waals surface area contributed by atoms with E-state index in [0.717, 1.165) is 39.2 Å². The summed E-state index contributed by atoms with van der Waals surface area (Å²) in [6.07, 6.45) is 1.77. The van der Waals surface area contributed by atoms with Gasteiger partial charge in [0.15, 0.2) is 18.3 Å². The summed E-state index contributed by atoms with van der Waals surface area (Å²) in [7, 11) is -0.785. The quantitative estimate of drug-likeness (QED) is 0.225. The van der Waals surface area contributed by atoms with E-state index < -0.39 is 7.26 Å². The van der Waals surface area contributed by atoms with E-state index in [0.29, 0.717) is 0 Å². The SMILES string of the molecule is COc1ccc(-c2cc([P+](c3ccccc3)(c3ccccc3)c3ccco3)c(-c3ccccc3)o2)cc1. The van der Waals surface area contributed by atoms with Crippen molar-refractivity contribution in [3.8, 4) is 28.4 Å². The van der Waals surface area contributed by atoms with Crippen LogP contribution in [-0.2, 0) is 0 Å². The molecule has 0 aliphatic rings. The number of benzene rings is 4. The third-order valence-corrected chi connectivity index (χ3v) is 10.7. The smallest absolute Gasteiger partial charge is 0.261 e. The van der Waals surface area contributed by atoms with Crippen LogP contribution >= 0.6 is 7.26 Å². The average molecular weight is 502 g/mol. The topological polar surface area (TPSA) is 35.5 Å². The maximum absolute atomic E-state index is 6.75. The second-order valence-electron chi connectivity index (χ2n) is 8.71. The Labute approximate surface area is 217 Å². The molecule has 0 saturated carbocycles. The van der Waals surface area contributed by atoms with Gasteiger partial charge in [0, 0.05) is 23.3 Å². The Bertz CT molecular complexity index is 1530. The summed E-state index contributed by atoms with van der Waals surface area (Å²) in [4.78, 5) is 0. The minimum Gasteiger partial charge on any atom is -0.497 e. The predicted molar refractivity (Wildman–Crippen MR) is 153 cm³/mol. The maximum atomic E-state index is 6.75. The van der Waals surface area contributed by atoms with Crippen molar-refractivity contribution in [3.63, 3.8) is 0 Å².